The van der Waals surface area contributed by atoms with Crippen molar-refractivity contribution in [2.24, 2.45) is 4.99 Å². The van der Waals surface area contributed by atoms with Gasteiger partial charge in [-0.3, -0.25) is 4.99 Å². The molecule has 0 spiro atoms. The number of hydrogen-bond acceptors (Lipinski definition) is 2. The second-order valence-electron chi connectivity index (χ2n) is 3.99. The quantitative estimate of drug-likeness (QED) is 0.459. The fraction of sp³-hybridized carbons (Fsp3) is 0.500. The number of ether oxygens (including phenoxy) is 1. The summed E-state index contributed by atoms with van der Waals surface area (Å²) < 4.78 is 5.28. The van der Waals surface area contributed by atoms with E-state index in [1.807, 2.05) is 31.2 Å². The number of benzene rings is 1. The molecular formula is C14H22ClN3O. The van der Waals surface area contributed by atoms with Crippen LogP contribution in [-0.2, 0) is 11.3 Å². The van der Waals surface area contributed by atoms with E-state index in [2.05, 4.69) is 15.6 Å². The molecular weight excluding hydrogens is 262 g/mol. The number of hydrogen-bond donors (Lipinski definition) is 2. The molecule has 0 heterocycles. The summed E-state index contributed by atoms with van der Waals surface area (Å²) >= 11 is 6.10. The van der Waals surface area contributed by atoms with Gasteiger partial charge < -0.3 is 15.4 Å². The van der Waals surface area contributed by atoms with Gasteiger partial charge in [-0.05, 0) is 25.0 Å². The predicted molar refractivity (Wildman–Crippen MR) is 80.8 cm³/mol. The third-order valence-electron chi connectivity index (χ3n) is 2.59. The topological polar surface area (TPSA) is 45.6 Å². The molecule has 0 fully saturated rings. The first-order valence-corrected chi connectivity index (χ1v) is 6.91. The predicted octanol–water partition coefficient (Wildman–Crippen LogP) is 2.43. The number of nitrogens with one attached hydrogen (secondary N) is 2. The van der Waals surface area contributed by atoms with Crippen LogP contribution >= 0.6 is 11.6 Å². The number of guanidine groups is 1. The zero-order chi connectivity index (χ0) is 13.9. The number of nitrogens with zero attached hydrogens (tertiary/aromatic N) is 1. The van der Waals surface area contributed by atoms with Crippen LogP contribution in [0, 0.1) is 0 Å². The smallest absolute Gasteiger partial charge is 0.191 e. The number of halogens is 1. The fourth-order valence-electron chi connectivity index (χ4n) is 1.57. The molecule has 0 aliphatic rings. The first kappa shape index (κ1) is 15.8. The van der Waals surface area contributed by atoms with Crippen molar-refractivity contribution in [3.05, 3.63) is 34.9 Å². The summed E-state index contributed by atoms with van der Waals surface area (Å²) in [5.74, 6) is 0.774. The molecule has 5 heteroatoms. The molecule has 19 heavy (non-hydrogen) atoms. The molecule has 1 aromatic rings. The van der Waals surface area contributed by atoms with Crippen molar-refractivity contribution in [2.75, 3.05) is 26.8 Å². The normalized spacial score (nSPS) is 11.4. The lowest BCUT2D eigenvalue weighted by atomic mass is 10.2. The Balaban J connectivity index is 2.28. The summed E-state index contributed by atoms with van der Waals surface area (Å²) in [6.45, 7) is 5.02. The fourth-order valence-corrected chi connectivity index (χ4v) is 1.77. The maximum atomic E-state index is 6.10. The van der Waals surface area contributed by atoms with Gasteiger partial charge in [0.1, 0.15) is 0 Å². The Hall–Kier alpha value is -1.26. The van der Waals surface area contributed by atoms with Gasteiger partial charge in [0.05, 0.1) is 0 Å². The van der Waals surface area contributed by atoms with Gasteiger partial charge in [0.25, 0.3) is 0 Å². The lowest BCUT2D eigenvalue weighted by Gasteiger charge is -2.12. The van der Waals surface area contributed by atoms with Crippen LogP contribution < -0.4 is 10.6 Å². The largest absolute Gasteiger partial charge is 0.382 e. The average Bonchev–Trinajstić information content (AvgIpc) is 2.43. The highest BCUT2D eigenvalue weighted by Crippen LogP contribution is 2.13. The highest BCUT2D eigenvalue weighted by atomic mass is 35.5. The van der Waals surface area contributed by atoms with Gasteiger partial charge in [-0.15, -0.1) is 0 Å². The maximum Gasteiger partial charge on any atom is 0.191 e. The van der Waals surface area contributed by atoms with E-state index in [-0.39, 0.29) is 0 Å². The molecule has 0 saturated carbocycles. The molecule has 0 aliphatic carbocycles. The van der Waals surface area contributed by atoms with Crippen LogP contribution in [0.4, 0.5) is 0 Å². The molecule has 0 atom stereocenters. The van der Waals surface area contributed by atoms with Crippen molar-refractivity contribution >= 4 is 17.6 Å². The van der Waals surface area contributed by atoms with Crippen LogP contribution in [-0.4, -0.2) is 32.8 Å². The Morgan fingerprint density at radius 1 is 1.32 bits per heavy atom. The molecule has 0 amide bonds. The zero-order valence-electron chi connectivity index (χ0n) is 11.6. The minimum atomic E-state index is 0.658. The lowest BCUT2D eigenvalue weighted by Crippen LogP contribution is -2.37. The molecule has 106 valence electrons. The number of rotatable bonds is 7. The highest BCUT2D eigenvalue weighted by Gasteiger charge is 2.01. The van der Waals surface area contributed by atoms with E-state index in [9.17, 15) is 0 Å². The van der Waals surface area contributed by atoms with Gasteiger partial charge in [0.15, 0.2) is 5.96 Å². The molecule has 0 aromatic heterocycles. The Morgan fingerprint density at radius 3 is 2.79 bits per heavy atom. The molecule has 0 unspecified atom stereocenters. The van der Waals surface area contributed by atoms with Gasteiger partial charge in [-0.1, -0.05) is 29.8 Å². The highest BCUT2D eigenvalue weighted by molar-refractivity contribution is 6.31. The molecule has 4 nitrogen and oxygen atoms in total. The van der Waals surface area contributed by atoms with E-state index in [4.69, 9.17) is 16.3 Å². The van der Waals surface area contributed by atoms with Gasteiger partial charge in [0, 0.05) is 38.4 Å². The Kier molecular flexibility index (Phi) is 8.02. The van der Waals surface area contributed by atoms with Crippen molar-refractivity contribution in [3.63, 3.8) is 0 Å². The first-order valence-electron chi connectivity index (χ1n) is 6.53. The van der Waals surface area contributed by atoms with Crippen LogP contribution in [0.1, 0.15) is 18.9 Å². The van der Waals surface area contributed by atoms with E-state index in [0.717, 1.165) is 42.7 Å². The van der Waals surface area contributed by atoms with E-state index >= 15 is 0 Å². The van der Waals surface area contributed by atoms with E-state index < -0.39 is 0 Å². The summed E-state index contributed by atoms with van der Waals surface area (Å²) in [6.07, 6.45) is 0.959. The Bertz CT molecular complexity index is 396. The lowest BCUT2D eigenvalue weighted by molar-refractivity contribution is 0.145. The van der Waals surface area contributed by atoms with Crippen molar-refractivity contribution in [3.8, 4) is 0 Å². The standard InChI is InChI=1S/C14H22ClN3O/c1-3-19-10-6-9-17-14(16-2)18-11-12-7-4-5-8-13(12)15/h4-5,7-8H,3,6,9-11H2,1-2H3,(H2,16,17,18). The zero-order valence-corrected chi connectivity index (χ0v) is 12.3. The van der Waals surface area contributed by atoms with Gasteiger partial charge >= 0.3 is 0 Å². The summed E-state index contributed by atoms with van der Waals surface area (Å²) in [5.41, 5.74) is 1.06. The third-order valence-corrected chi connectivity index (χ3v) is 2.96. The molecule has 0 aliphatic heterocycles. The van der Waals surface area contributed by atoms with Crippen molar-refractivity contribution in [2.45, 2.75) is 19.9 Å². The summed E-state index contributed by atoms with van der Waals surface area (Å²) in [5, 5.41) is 7.23. The van der Waals surface area contributed by atoms with Crippen molar-refractivity contribution in [1.29, 1.82) is 0 Å². The first-order chi connectivity index (χ1) is 9.27. The van der Waals surface area contributed by atoms with Crippen LogP contribution in [0.25, 0.3) is 0 Å². The van der Waals surface area contributed by atoms with Gasteiger partial charge in [-0.25, -0.2) is 0 Å². The minimum Gasteiger partial charge on any atom is -0.382 e. The third kappa shape index (κ3) is 6.45. The summed E-state index contributed by atoms with van der Waals surface area (Å²) in [6, 6.07) is 7.78. The van der Waals surface area contributed by atoms with Crippen LogP contribution in [0.5, 0.6) is 0 Å². The average molecular weight is 284 g/mol. The SMILES string of the molecule is CCOCCCNC(=NC)NCc1ccccc1Cl. The molecule has 0 radical (unpaired) electrons. The molecule has 2 N–H and O–H groups in total. The van der Waals surface area contributed by atoms with Crippen LogP contribution in [0.3, 0.4) is 0 Å². The Labute approximate surface area is 120 Å². The van der Waals surface area contributed by atoms with Crippen LogP contribution in [0.2, 0.25) is 5.02 Å². The second-order valence-corrected chi connectivity index (χ2v) is 4.40. The summed E-state index contributed by atoms with van der Waals surface area (Å²) in [4.78, 5) is 4.16. The van der Waals surface area contributed by atoms with Crippen molar-refractivity contribution < 1.29 is 4.74 Å². The minimum absolute atomic E-state index is 0.658. The summed E-state index contributed by atoms with van der Waals surface area (Å²) in [7, 11) is 1.75. The van der Waals surface area contributed by atoms with Gasteiger partial charge in [-0.2, -0.15) is 0 Å². The second kappa shape index (κ2) is 9.64. The van der Waals surface area contributed by atoms with E-state index in [1.165, 1.54) is 0 Å². The van der Waals surface area contributed by atoms with E-state index in [0.29, 0.717) is 6.54 Å². The monoisotopic (exact) mass is 283 g/mol. The number of aliphatic imine (C=N–C) groups is 1. The maximum absolute atomic E-state index is 6.10. The molecule has 1 aromatic carbocycles. The van der Waals surface area contributed by atoms with E-state index in [1.54, 1.807) is 7.05 Å². The van der Waals surface area contributed by atoms with Crippen molar-refractivity contribution in [1.82, 2.24) is 10.6 Å². The molecule has 0 bridgehead atoms. The molecule has 0 saturated heterocycles. The van der Waals surface area contributed by atoms with Crippen LogP contribution in [0.15, 0.2) is 29.3 Å². The van der Waals surface area contributed by atoms with Gasteiger partial charge in [0.2, 0.25) is 0 Å². The Morgan fingerprint density at radius 2 is 2.11 bits per heavy atom. The molecule has 1 rings (SSSR count).